The molecule has 0 radical (unpaired) electrons. The van der Waals surface area contributed by atoms with Crippen LogP contribution < -0.4 is 11.1 Å². The number of aliphatic carboxylic acids is 1. The molecule has 21 heavy (non-hydrogen) atoms. The van der Waals surface area contributed by atoms with Gasteiger partial charge in [-0.1, -0.05) is 20.8 Å². The number of nitrogens with two attached hydrogens (primary N) is 1. The maximum Gasteiger partial charge on any atom is 0.329 e. The molecule has 0 aromatic rings. The molecule has 0 aromatic heterocycles. The lowest BCUT2D eigenvalue weighted by atomic mass is 9.76. The highest BCUT2D eigenvalue weighted by molar-refractivity contribution is 5.87. The van der Waals surface area contributed by atoms with Crippen molar-refractivity contribution in [3.8, 4) is 0 Å². The van der Waals surface area contributed by atoms with E-state index in [1.54, 1.807) is 6.92 Å². The second-order valence-corrected chi connectivity index (χ2v) is 7.51. The molecular formula is C16H30N2O3. The molecular weight excluding hydrogens is 268 g/mol. The number of carboxylic acids is 1. The van der Waals surface area contributed by atoms with Crippen molar-refractivity contribution in [3.05, 3.63) is 0 Å². The van der Waals surface area contributed by atoms with Gasteiger partial charge in [-0.25, -0.2) is 4.79 Å². The number of hydrogen-bond acceptors (Lipinski definition) is 3. The topological polar surface area (TPSA) is 92.4 Å². The van der Waals surface area contributed by atoms with E-state index in [0.717, 1.165) is 25.7 Å². The number of rotatable bonds is 8. The monoisotopic (exact) mass is 298 g/mol. The van der Waals surface area contributed by atoms with Crippen LogP contribution in [0.2, 0.25) is 0 Å². The highest BCUT2D eigenvalue weighted by Gasteiger charge is 2.48. The molecule has 1 rings (SSSR count). The van der Waals surface area contributed by atoms with Crippen LogP contribution in [0.25, 0.3) is 0 Å². The van der Waals surface area contributed by atoms with Crippen molar-refractivity contribution < 1.29 is 14.7 Å². The largest absolute Gasteiger partial charge is 0.480 e. The van der Waals surface area contributed by atoms with Crippen molar-refractivity contribution in [3.63, 3.8) is 0 Å². The Bertz CT molecular complexity index is 385. The lowest BCUT2D eigenvalue weighted by molar-refractivity contribution is -0.148. The molecule has 1 amide bonds. The Morgan fingerprint density at radius 1 is 1.24 bits per heavy atom. The number of nitrogens with one attached hydrogen (secondary N) is 1. The lowest BCUT2D eigenvalue weighted by Gasteiger charge is -2.31. The van der Waals surface area contributed by atoms with E-state index in [0.29, 0.717) is 18.9 Å². The van der Waals surface area contributed by atoms with E-state index in [-0.39, 0.29) is 17.2 Å². The minimum absolute atomic E-state index is 0.0707. The first-order valence-electron chi connectivity index (χ1n) is 7.85. The van der Waals surface area contributed by atoms with Crippen molar-refractivity contribution in [2.24, 2.45) is 23.0 Å². The van der Waals surface area contributed by atoms with Crippen LogP contribution in [-0.4, -0.2) is 29.1 Å². The summed E-state index contributed by atoms with van der Waals surface area (Å²) in [4.78, 5) is 23.5. The maximum absolute atomic E-state index is 12.1. The summed E-state index contributed by atoms with van der Waals surface area (Å²) in [5, 5.41) is 12.1. The van der Waals surface area contributed by atoms with Crippen LogP contribution in [0.5, 0.6) is 0 Å². The van der Waals surface area contributed by atoms with Gasteiger partial charge in [-0.05, 0) is 56.4 Å². The van der Waals surface area contributed by atoms with Crippen LogP contribution in [0, 0.1) is 17.3 Å². The van der Waals surface area contributed by atoms with E-state index >= 15 is 0 Å². The Balaban J connectivity index is 2.54. The zero-order valence-corrected chi connectivity index (χ0v) is 13.7. The van der Waals surface area contributed by atoms with Crippen molar-refractivity contribution >= 4 is 11.9 Å². The van der Waals surface area contributed by atoms with Gasteiger partial charge in [0.25, 0.3) is 0 Å². The van der Waals surface area contributed by atoms with Crippen LogP contribution in [0.4, 0.5) is 0 Å². The Morgan fingerprint density at radius 2 is 1.81 bits per heavy atom. The number of hydrogen-bond donors (Lipinski definition) is 3. The van der Waals surface area contributed by atoms with Gasteiger partial charge in [0.2, 0.25) is 5.91 Å². The van der Waals surface area contributed by atoms with Crippen LogP contribution >= 0.6 is 0 Å². The van der Waals surface area contributed by atoms with Gasteiger partial charge >= 0.3 is 5.97 Å². The Labute approximate surface area is 127 Å². The number of carbonyl (C=O) groups is 2. The molecule has 0 bridgehead atoms. The first kappa shape index (κ1) is 18.0. The van der Waals surface area contributed by atoms with Gasteiger partial charge in [0.1, 0.15) is 5.54 Å². The molecule has 5 heteroatoms. The van der Waals surface area contributed by atoms with Gasteiger partial charge in [0, 0.05) is 6.42 Å². The van der Waals surface area contributed by atoms with Gasteiger partial charge in [0.05, 0.1) is 0 Å². The average molecular weight is 298 g/mol. The predicted octanol–water partition coefficient (Wildman–Crippen LogP) is 2.15. The van der Waals surface area contributed by atoms with E-state index < -0.39 is 11.5 Å². The molecule has 1 aliphatic rings. The van der Waals surface area contributed by atoms with E-state index in [9.17, 15) is 14.7 Å². The van der Waals surface area contributed by atoms with Crippen LogP contribution in [0.1, 0.15) is 59.8 Å². The minimum atomic E-state index is -1.11. The molecule has 2 atom stereocenters. The third kappa shape index (κ3) is 4.99. The van der Waals surface area contributed by atoms with Gasteiger partial charge in [-0.3, -0.25) is 4.79 Å². The van der Waals surface area contributed by atoms with Gasteiger partial charge in [-0.2, -0.15) is 0 Å². The van der Waals surface area contributed by atoms with E-state index in [4.69, 9.17) is 5.73 Å². The van der Waals surface area contributed by atoms with Crippen LogP contribution in [-0.2, 0) is 9.59 Å². The van der Waals surface area contributed by atoms with Crippen molar-refractivity contribution in [1.82, 2.24) is 5.32 Å². The molecule has 0 heterocycles. The first-order chi connectivity index (χ1) is 9.61. The average Bonchev–Trinajstić information content (AvgIpc) is 3.16. The fourth-order valence-corrected chi connectivity index (χ4v) is 2.86. The normalized spacial score (nSPS) is 19.7. The summed E-state index contributed by atoms with van der Waals surface area (Å²) in [7, 11) is 0. The SMILES string of the molecule is CC(C)(C)C(CCN)CCC(=O)NC(C)(C(=O)O)C1CC1. The lowest BCUT2D eigenvalue weighted by Crippen LogP contribution is -2.54. The first-order valence-corrected chi connectivity index (χ1v) is 7.85. The quantitative estimate of drug-likeness (QED) is 0.640. The molecule has 1 fully saturated rings. The molecule has 0 saturated heterocycles. The molecule has 2 unspecified atom stereocenters. The van der Waals surface area contributed by atoms with Gasteiger partial charge < -0.3 is 16.2 Å². The van der Waals surface area contributed by atoms with Crippen LogP contribution in [0.15, 0.2) is 0 Å². The smallest absolute Gasteiger partial charge is 0.329 e. The fourth-order valence-electron chi connectivity index (χ4n) is 2.86. The number of amides is 1. The van der Waals surface area contributed by atoms with E-state index in [1.807, 2.05) is 0 Å². The zero-order valence-electron chi connectivity index (χ0n) is 13.7. The highest BCUT2D eigenvalue weighted by atomic mass is 16.4. The third-order valence-corrected chi connectivity index (χ3v) is 4.70. The highest BCUT2D eigenvalue weighted by Crippen LogP contribution is 2.40. The second kappa shape index (κ2) is 6.77. The summed E-state index contributed by atoms with van der Waals surface area (Å²) in [6, 6.07) is 0. The number of carbonyl (C=O) groups excluding carboxylic acids is 1. The van der Waals surface area contributed by atoms with Gasteiger partial charge in [-0.15, -0.1) is 0 Å². The Kier molecular flexibility index (Phi) is 5.79. The van der Waals surface area contributed by atoms with Crippen molar-refractivity contribution in [2.45, 2.75) is 65.3 Å². The number of carboxylic acid groups (broad SMARTS) is 1. The van der Waals surface area contributed by atoms with Crippen molar-refractivity contribution in [1.29, 1.82) is 0 Å². The van der Waals surface area contributed by atoms with Crippen LogP contribution in [0.3, 0.4) is 0 Å². The molecule has 0 spiro atoms. The fraction of sp³-hybridized carbons (Fsp3) is 0.875. The minimum Gasteiger partial charge on any atom is -0.480 e. The van der Waals surface area contributed by atoms with E-state index in [1.165, 1.54) is 0 Å². The maximum atomic E-state index is 12.1. The molecule has 1 saturated carbocycles. The summed E-state index contributed by atoms with van der Waals surface area (Å²) in [5.74, 6) is -0.669. The molecule has 122 valence electrons. The summed E-state index contributed by atoms with van der Waals surface area (Å²) >= 11 is 0. The summed E-state index contributed by atoms with van der Waals surface area (Å²) < 4.78 is 0. The zero-order chi connectivity index (χ0) is 16.3. The summed E-state index contributed by atoms with van der Waals surface area (Å²) in [6.07, 6.45) is 3.74. The Morgan fingerprint density at radius 3 is 2.19 bits per heavy atom. The van der Waals surface area contributed by atoms with Crippen molar-refractivity contribution in [2.75, 3.05) is 6.54 Å². The summed E-state index contributed by atoms with van der Waals surface area (Å²) in [5.41, 5.74) is 4.64. The third-order valence-electron chi connectivity index (χ3n) is 4.70. The molecule has 5 nitrogen and oxygen atoms in total. The predicted molar refractivity (Wildman–Crippen MR) is 82.8 cm³/mol. The standard InChI is InChI=1S/C16H30N2O3/c1-15(2,3)11(9-10-17)7-8-13(19)18-16(4,14(20)21)12-5-6-12/h11-12H,5-10,17H2,1-4H3,(H,18,19)(H,20,21). The molecule has 0 aromatic carbocycles. The molecule has 1 aliphatic carbocycles. The summed E-state index contributed by atoms with van der Waals surface area (Å²) in [6.45, 7) is 8.68. The van der Waals surface area contributed by atoms with Gasteiger partial charge in [0.15, 0.2) is 0 Å². The second-order valence-electron chi connectivity index (χ2n) is 7.51. The molecule has 4 N–H and O–H groups in total. The molecule has 0 aliphatic heterocycles. The van der Waals surface area contributed by atoms with E-state index in [2.05, 4.69) is 26.1 Å². The Hall–Kier alpha value is -1.10.